The van der Waals surface area contributed by atoms with Crippen molar-refractivity contribution in [1.29, 1.82) is 0 Å². The minimum atomic E-state index is -0.632. The van der Waals surface area contributed by atoms with Gasteiger partial charge in [0.1, 0.15) is 5.56 Å². The number of rotatable bonds is 4. The maximum atomic E-state index is 12.7. The molecule has 0 radical (unpaired) electrons. The predicted molar refractivity (Wildman–Crippen MR) is 102 cm³/mol. The first-order chi connectivity index (χ1) is 13.3. The summed E-state index contributed by atoms with van der Waals surface area (Å²) >= 11 is 0. The quantitative estimate of drug-likeness (QED) is 0.664. The fourth-order valence-corrected chi connectivity index (χ4v) is 2.91. The van der Waals surface area contributed by atoms with Crippen molar-refractivity contribution in [3.05, 3.63) is 57.3 Å². The molecule has 0 aliphatic rings. The summed E-state index contributed by atoms with van der Waals surface area (Å²) in [4.78, 5) is 37.6. The highest BCUT2D eigenvalue weighted by Crippen LogP contribution is 2.21. The topological polar surface area (TPSA) is 119 Å². The molecule has 3 rings (SSSR count). The molecule has 0 spiro atoms. The normalized spacial score (nSPS) is 11.0. The van der Waals surface area contributed by atoms with Crippen LogP contribution in [0.4, 0.5) is 0 Å². The van der Waals surface area contributed by atoms with Crippen LogP contribution in [0, 0.1) is 6.92 Å². The lowest BCUT2D eigenvalue weighted by Gasteiger charge is -2.11. The van der Waals surface area contributed by atoms with E-state index in [1.807, 2.05) is 13.8 Å². The van der Waals surface area contributed by atoms with Gasteiger partial charge in [-0.3, -0.25) is 25.2 Å². The second-order valence-electron chi connectivity index (χ2n) is 6.59. The van der Waals surface area contributed by atoms with E-state index >= 15 is 0 Å². The molecule has 0 unspecified atom stereocenters. The van der Waals surface area contributed by atoms with Gasteiger partial charge in [0, 0.05) is 17.8 Å². The van der Waals surface area contributed by atoms with Crippen molar-refractivity contribution in [2.24, 2.45) is 0 Å². The molecule has 0 bridgehead atoms. The van der Waals surface area contributed by atoms with Gasteiger partial charge >= 0.3 is 0 Å². The smallest absolute Gasteiger partial charge is 0.290 e. The summed E-state index contributed by atoms with van der Waals surface area (Å²) in [5, 5.41) is 8.74. The SMILES string of the molecule is CCn1nc(C(=O)NNC(=O)c2c(C)noc2C(C)C)c2ccccc2c1=O. The van der Waals surface area contributed by atoms with Crippen LogP contribution in [0.25, 0.3) is 10.8 Å². The van der Waals surface area contributed by atoms with Crippen molar-refractivity contribution in [2.45, 2.75) is 40.2 Å². The molecule has 9 nitrogen and oxygen atoms in total. The summed E-state index contributed by atoms with van der Waals surface area (Å²) in [7, 11) is 0. The second-order valence-corrected chi connectivity index (χ2v) is 6.59. The number of nitrogens with one attached hydrogen (secondary N) is 2. The zero-order valence-electron chi connectivity index (χ0n) is 16.1. The van der Waals surface area contributed by atoms with Gasteiger partial charge in [-0.15, -0.1) is 0 Å². The van der Waals surface area contributed by atoms with E-state index in [1.165, 1.54) is 4.68 Å². The number of hydrazine groups is 1. The van der Waals surface area contributed by atoms with Crippen LogP contribution < -0.4 is 16.4 Å². The molecule has 9 heteroatoms. The molecular formula is C19H21N5O4. The number of amides is 2. The number of benzene rings is 1. The Morgan fingerprint density at radius 3 is 2.43 bits per heavy atom. The minimum absolute atomic E-state index is 0.0449. The molecule has 0 saturated heterocycles. The second kappa shape index (κ2) is 7.63. The number of fused-ring (bicyclic) bond motifs is 1. The van der Waals surface area contributed by atoms with E-state index in [-0.39, 0.29) is 22.7 Å². The van der Waals surface area contributed by atoms with Gasteiger partial charge in [-0.05, 0) is 19.9 Å². The maximum Gasteiger partial charge on any atom is 0.290 e. The Kier molecular flexibility index (Phi) is 5.25. The molecule has 2 amide bonds. The third-order valence-electron chi connectivity index (χ3n) is 4.31. The summed E-state index contributed by atoms with van der Waals surface area (Å²) < 4.78 is 6.41. The lowest BCUT2D eigenvalue weighted by molar-refractivity contribution is 0.0842. The molecule has 28 heavy (non-hydrogen) atoms. The highest BCUT2D eigenvalue weighted by Gasteiger charge is 2.23. The van der Waals surface area contributed by atoms with Gasteiger partial charge in [-0.25, -0.2) is 4.68 Å². The van der Waals surface area contributed by atoms with E-state index in [0.717, 1.165) is 0 Å². The van der Waals surface area contributed by atoms with Crippen LogP contribution in [0.2, 0.25) is 0 Å². The van der Waals surface area contributed by atoms with Crippen LogP contribution in [-0.4, -0.2) is 26.8 Å². The number of hydrogen-bond acceptors (Lipinski definition) is 6. The lowest BCUT2D eigenvalue weighted by atomic mass is 10.0. The predicted octanol–water partition coefficient (Wildman–Crippen LogP) is 1.91. The van der Waals surface area contributed by atoms with E-state index < -0.39 is 11.8 Å². The molecule has 1 aromatic carbocycles. The average Bonchev–Trinajstić information content (AvgIpc) is 3.08. The first-order valence-corrected chi connectivity index (χ1v) is 8.91. The highest BCUT2D eigenvalue weighted by molar-refractivity contribution is 6.06. The Labute approximate surface area is 160 Å². The number of nitrogens with zero attached hydrogens (tertiary/aromatic N) is 3. The lowest BCUT2D eigenvalue weighted by Crippen LogP contribution is -2.43. The van der Waals surface area contributed by atoms with Crippen LogP contribution in [-0.2, 0) is 6.54 Å². The highest BCUT2D eigenvalue weighted by atomic mass is 16.5. The van der Waals surface area contributed by atoms with Gasteiger partial charge in [0.25, 0.3) is 17.4 Å². The fraction of sp³-hybridized carbons (Fsp3) is 0.316. The van der Waals surface area contributed by atoms with E-state index in [9.17, 15) is 14.4 Å². The number of carbonyl (C=O) groups excluding carboxylic acids is 2. The van der Waals surface area contributed by atoms with Gasteiger partial charge < -0.3 is 4.52 Å². The van der Waals surface area contributed by atoms with E-state index in [2.05, 4.69) is 21.1 Å². The Hall–Kier alpha value is -3.49. The zero-order valence-corrected chi connectivity index (χ0v) is 16.1. The minimum Gasteiger partial charge on any atom is -0.360 e. The molecule has 146 valence electrons. The van der Waals surface area contributed by atoms with Gasteiger partial charge in [0.15, 0.2) is 11.5 Å². The zero-order chi connectivity index (χ0) is 20.4. The van der Waals surface area contributed by atoms with Crippen LogP contribution >= 0.6 is 0 Å². The van der Waals surface area contributed by atoms with Crippen molar-refractivity contribution in [1.82, 2.24) is 25.8 Å². The van der Waals surface area contributed by atoms with Crippen molar-refractivity contribution >= 4 is 22.6 Å². The van der Waals surface area contributed by atoms with Crippen LogP contribution in [0.1, 0.15) is 59.0 Å². The molecule has 0 aliphatic carbocycles. The third-order valence-corrected chi connectivity index (χ3v) is 4.31. The van der Waals surface area contributed by atoms with Crippen LogP contribution in [0.5, 0.6) is 0 Å². The molecule has 0 saturated carbocycles. The molecule has 3 aromatic rings. The summed E-state index contributed by atoms with van der Waals surface area (Å²) in [6.07, 6.45) is 0. The summed E-state index contributed by atoms with van der Waals surface area (Å²) in [6, 6.07) is 6.71. The Balaban J connectivity index is 1.89. The molecular weight excluding hydrogens is 362 g/mol. The molecule has 2 aromatic heterocycles. The standard InChI is InChI=1S/C19H21N5O4/c1-5-24-19(27)13-9-7-6-8-12(13)15(22-24)18(26)21-20-17(25)14-11(4)23-28-16(14)10(2)3/h6-10H,5H2,1-4H3,(H,20,25)(H,21,26). The summed E-state index contributed by atoms with van der Waals surface area (Å²) in [6.45, 7) is 7.47. The number of aryl methyl sites for hydroxylation is 2. The van der Waals surface area contributed by atoms with Crippen LogP contribution in [0.3, 0.4) is 0 Å². The van der Waals surface area contributed by atoms with Gasteiger partial charge in [-0.2, -0.15) is 5.10 Å². The Morgan fingerprint density at radius 1 is 1.14 bits per heavy atom. The van der Waals surface area contributed by atoms with Gasteiger partial charge in [-0.1, -0.05) is 37.2 Å². The molecule has 0 atom stereocenters. The van der Waals surface area contributed by atoms with Crippen molar-refractivity contribution in [2.75, 3.05) is 0 Å². The fourth-order valence-electron chi connectivity index (χ4n) is 2.91. The van der Waals surface area contributed by atoms with Gasteiger partial charge in [0.2, 0.25) is 0 Å². The average molecular weight is 383 g/mol. The Morgan fingerprint density at radius 2 is 1.79 bits per heavy atom. The van der Waals surface area contributed by atoms with E-state index in [1.54, 1.807) is 38.1 Å². The molecule has 0 fully saturated rings. The van der Waals surface area contributed by atoms with Crippen LogP contribution in [0.15, 0.2) is 33.6 Å². The molecule has 0 aliphatic heterocycles. The molecule has 2 N–H and O–H groups in total. The first-order valence-electron chi connectivity index (χ1n) is 8.91. The summed E-state index contributed by atoms with van der Waals surface area (Å²) in [5.74, 6) is -0.778. The third kappa shape index (κ3) is 3.38. The number of aromatic nitrogens is 3. The summed E-state index contributed by atoms with van der Waals surface area (Å²) in [5.41, 5.74) is 5.21. The van der Waals surface area contributed by atoms with Crippen molar-refractivity contribution in [3.63, 3.8) is 0 Å². The molecule has 2 heterocycles. The Bertz CT molecular complexity index is 1110. The number of hydrogen-bond donors (Lipinski definition) is 2. The van der Waals surface area contributed by atoms with E-state index in [0.29, 0.717) is 28.8 Å². The number of carbonyl (C=O) groups is 2. The largest absolute Gasteiger partial charge is 0.360 e. The maximum absolute atomic E-state index is 12.7. The van der Waals surface area contributed by atoms with Crippen molar-refractivity contribution < 1.29 is 14.1 Å². The van der Waals surface area contributed by atoms with E-state index in [4.69, 9.17) is 4.52 Å². The van der Waals surface area contributed by atoms with Gasteiger partial charge in [0.05, 0.1) is 11.1 Å². The first kappa shape index (κ1) is 19.3. The monoisotopic (exact) mass is 383 g/mol. The van der Waals surface area contributed by atoms with Crippen molar-refractivity contribution in [3.8, 4) is 0 Å².